The summed E-state index contributed by atoms with van der Waals surface area (Å²) in [5.74, 6) is -0.154. The summed E-state index contributed by atoms with van der Waals surface area (Å²) in [6, 6.07) is 14.1. The van der Waals surface area contributed by atoms with Crippen LogP contribution in [-0.4, -0.2) is 24.9 Å². The van der Waals surface area contributed by atoms with Gasteiger partial charge in [-0.1, -0.05) is 41.4 Å². The number of nitriles is 2. The summed E-state index contributed by atoms with van der Waals surface area (Å²) in [5.41, 5.74) is 1.68. The van der Waals surface area contributed by atoms with Gasteiger partial charge in [0.15, 0.2) is 5.75 Å². The molecule has 0 saturated carbocycles. The molecule has 5 nitrogen and oxygen atoms in total. The van der Waals surface area contributed by atoms with Crippen molar-refractivity contribution in [3.63, 3.8) is 0 Å². The van der Waals surface area contributed by atoms with Crippen molar-refractivity contribution in [2.75, 3.05) is 14.1 Å². The molecule has 0 aliphatic carbocycles. The highest BCUT2D eigenvalue weighted by molar-refractivity contribution is 6.37. The zero-order valence-corrected chi connectivity index (χ0v) is 16.2. The highest BCUT2D eigenvalue weighted by atomic mass is 35.5. The molecule has 0 atom stereocenters. The van der Waals surface area contributed by atoms with Gasteiger partial charge in [0.05, 0.1) is 21.7 Å². The molecule has 2 rings (SSSR count). The van der Waals surface area contributed by atoms with Crippen molar-refractivity contribution in [1.29, 1.82) is 10.5 Å². The number of nitrogens with zero attached hydrogens (tertiary/aromatic N) is 3. The molecule has 2 aromatic carbocycles. The number of hydrogen-bond donors (Lipinski definition) is 0. The van der Waals surface area contributed by atoms with Gasteiger partial charge < -0.3 is 9.64 Å². The molecule has 136 valence electrons. The quantitative estimate of drug-likeness (QED) is 0.549. The molecular weight excluding hydrogens is 385 g/mol. The molecule has 7 heteroatoms. The highest BCUT2D eigenvalue weighted by Crippen LogP contribution is 2.35. The van der Waals surface area contributed by atoms with E-state index >= 15 is 0 Å². The number of hydrogen-bond acceptors (Lipinski definition) is 4. The Bertz CT molecular complexity index is 962. The number of rotatable bonds is 5. The van der Waals surface area contributed by atoms with Gasteiger partial charge in [0.1, 0.15) is 18.2 Å². The van der Waals surface area contributed by atoms with Gasteiger partial charge in [-0.3, -0.25) is 4.79 Å². The van der Waals surface area contributed by atoms with Gasteiger partial charge in [-0.05, 0) is 29.8 Å². The van der Waals surface area contributed by atoms with Crippen LogP contribution < -0.4 is 4.74 Å². The van der Waals surface area contributed by atoms with Gasteiger partial charge in [0, 0.05) is 19.7 Å². The predicted molar refractivity (Wildman–Crippen MR) is 104 cm³/mol. The molecule has 0 saturated heterocycles. The van der Waals surface area contributed by atoms with E-state index in [2.05, 4.69) is 6.07 Å². The van der Waals surface area contributed by atoms with Crippen molar-refractivity contribution in [3.05, 3.63) is 68.7 Å². The van der Waals surface area contributed by atoms with Crippen LogP contribution in [0.25, 0.3) is 6.08 Å². The van der Waals surface area contributed by atoms with Crippen molar-refractivity contribution < 1.29 is 9.53 Å². The molecule has 0 aliphatic rings. The Hall–Kier alpha value is -2.99. The number of carbonyl (C=O) groups is 1. The summed E-state index contributed by atoms with van der Waals surface area (Å²) in [7, 11) is 3.12. The third kappa shape index (κ3) is 5.01. The Kier molecular flexibility index (Phi) is 6.85. The van der Waals surface area contributed by atoms with E-state index in [0.29, 0.717) is 16.7 Å². The molecular formula is C20H15Cl2N3O2. The van der Waals surface area contributed by atoms with Crippen molar-refractivity contribution in [2.45, 2.75) is 6.61 Å². The SMILES string of the molecule is CN(C)C(=O)/C(C#N)=C\c1cc(Cl)c(OCc2ccccc2C#N)c(Cl)c1. The molecule has 0 spiro atoms. The Labute approximate surface area is 167 Å². The van der Waals surface area contributed by atoms with Crippen molar-refractivity contribution in [1.82, 2.24) is 4.90 Å². The average molecular weight is 400 g/mol. The second kappa shape index (κ2) is 9.09. The Morgan fingerprint density at radius 1 is 1.19 bits per heavy atom. The number of carbonyl (C=O) groups excluding carboxylic acids is 1. The van der Waals surface area contributed by atoms with Gasteiger partial charge in [-0.15, -0.1) is 0 Å². The minimum Gasteiger partial charge on any atom is -0.486 e. The third-order valence-electron chi connectivity index (χ3n) is 3.60. The van der Waals surface area contributed by atoms with E-state index in [-0.39, 0.29) is 28.0 Å². The van der Waals surface area contributed by atoms with E-state index in [1.807, 2.05) is 12.1 Å². The molecule has 1 amide bonds. The summed E-state index contributed by atoms with van der Waals surface area (Å²) in [4.78, 5) is 13.3. The van der Waals surface area contributed by atoms with E-state index in [9.17, 15) is 10.1 Å². The number of ether oxygens (including phenoxy) is 1. The lowest BCUT2D eigenvalue weighted by atomic mass is 10.1. The fraction of sp³-hybridized carbons (Fsp3) is 0.150. The summed E-state index contributed by atoms with van der Waals surface area (Å²) in [6.07, 6.45) is 1.41. The van der Waals surface area contributed by atoms with Crippen LogP contribution in [0.15, 0.2) is 42.0 Å². The van der Waals surface area contributed by atoms with Crippen molar-refractivity contribution in [3.8, 4) is 17.9 Å². The van der Waals surface area contributed by atoms with Crippen LogP contribution in [0.3, 0.4) is 0 Å². The zero-order valence-electron chi connectivity index (χ0n) is 14.7. The standard InChI is InChI=1S/C20H15Cl2N3O2/c1-25(2)20(26)16(11-24)7-13-8-17(21)19(18(22)9-13)27-12-15-6-4-3-5-14(15)10-23/h3-9H,12H2,1-2H3/b16-7-. The van der Waals surface area contributed by atoms with Crippen molar-refractivity contribution >= 4 is 35.2 Å². The summed E-state index contributed by atoms with van der Waals surface area (Å²) >= 11 is 12.5. The zero-order chi connectivity index (χ0) is 20.0. The lowest BCUT2D eigenvalue weighted by Crippen LogP contribution is -2.22. The first kappa shape index (κ1) is 20.3. The molecule has 0 heterocycles. The number of amides is 1. The molecule has 0 N–H and O–H groups in total. The van der Waals surface area contributed by atoms with Crippen LogP contribution in [0.4, 0.5) is 0 Å². The Balaban J connectivity index is 2.28. The first-order valence-electron chi connectivity index (χ1n) is 7.80. The number of likely N-dealkylation sites (N-methyl/N-ethyl adjacent to an activating group) is 1. The van der Waals surface area contributed by atoms with Gasteiger partial charge >= 0.3 is 0 Å². The average Bonchev–Trinajstić information content (AvgIpc) is 2.65. The minimum atomic E-state index is -0.418. The number of halogens is 2. The highest BCUT2D eigenvalue weighted by Gasteiger charge is 2.14. The normalized spacial score (nSPS) is 10.7. The first-order chi connectivity index (χ1) is 12.9. The fourth-order valence-electron chi connectivity index (χ4n) is 2.26. The van der Waals surface area contributed by atoms with Crippen LogP contribution in [0, 0.1) is 22.7 Å². The summed E-state index contributed by atoms with van der Waals surface area (Å²) in [6.45, 7) is 0.126. The van der Waals surface area contributed by atoms with Crippen LogP contribution >= 0.6 is 23.2 Å². The molecule has 0 radical (unpaired) electrons. The van der Waals surface area contributed by atoms with Gasteiger partial charge in [-0.25, -0.2) is 0 Å². The predicted octanol–water partition coefficient (Wildman–Crippen LogP) is 4.44. The maximum atomic E-state index is 12.0. The lowest BCUT2D eigenvalue weighted by molar-refractivity contribution is -0.124. The van der Waals surface area contributed by atoms with Crippen LogP contribution in [-0.2, 0) is 11.4 Å². The summed E-state index contributed by atoms with van der Waals surface area (Å²) < 4.78 is 5.69. The molecule has 27 heavy (non-hydrogen) atoms. The van der Waals surface area contributed by atoms with Crippen molar-refractivity contribution in [2.24, 2.45) is 0 Å². The second-order valence-electron chi connectivity index (χ2n) is 5.74. The van der Waals surface area contributed by atoms with E-state index in [1.54, 1.807) is 44.4 Å². The van der Waals surface area contributed by atoms with E-state index < -0.39 is 5.91 Å². The largest absolute Gasteiger partial charge is 0.486 e. The topological polar surface area (TPSA) is 77.1 Å². The van der Waals surface area contributed by atoms with Crippen LogP contribution in [0.1, 0.15) is 16.7 Å². The molecule has 0 unspecified atom stereocenters. The monoisotopic (exact) mass is 399 g/mol. The minimum absolute atomic E-state index is 0.0382. The van der Waals surface area contributed by atoms with Gasteiger partial charge in [-0.2, -0.15) is 10.5 Å². The molecule has 0 aliphatic heterocycles. The van der Waals surface area contributed by atoms with Crippen LogP contribution in [0.2, 0.25) is 10.0 Å². The van der Waals surface area contributed by atoms with Gasteiger partial charge in [0.25, 0.3) is 5.91 Å². The van der Waals surface area contributed by atoms with Gasteiger partial charge in [0.2, 0.25) is 0 Å². The Morgan fingerprint density at radius 2 is 1.81 bits per heavy atom. The van der Waals surface area contributed by atoms with E-state index in [1.165, 1.54) is 11.0 Å². The third-order valence-corrected chi connectivity index (χ3v) is 4.16. The molecule has 0 fully saturated rings. The maximum absolute atomic E-state index is 12.0. The van der Waals surface area contributed by atoms with Crippen LogP contribution in [0.5, 0.6) is 5.75 Å². The summed E-state index contributed by atoms with van der Waals surface area (Å²) in [5, 5.41) is 18.8. The molecule has 0 aromatic heterocycles. The first-order valence-corrected chi connectivity index (χ1v) is 8.56. The van der Waals surface area contributed by atoms with E-state index in [4.69, 9.17) is 33.2 Å². The maximum Gasteiger partial charge on any atom is 0.264 e. The lowest BCUT2D eigenvalue weighted by Gasteiger charge is -2.12. The molecule has 0 bridgehead atoms. The second-order valence-corrected chi connectivity index (χ2v) is 6.56. The smallest absolute Gasteiger partial charge is 0.264 e. The number of benzene rings is 2. The van der Waals surface area contributed by atoms with E-state index in [0.717, 1.165) is 0 Å². The molecule has 2 aromatic rings. The Morgan fingerprint density at radius 3 is 2.37 bits per heavy atom. The fourth-order valence-corrected chi connectivity index (χ4v) is 2.87.